The van der Waals surface area contributed by atoms with Gasteiger partial charge in [-0.05, 0) is 37.1 Å². The molecule has 1 aromatic heterocycles. The second kappa shape index (κ2) is 6.36. The fraction of sp³-hybridized carbons (Fsp3) is 0.389. The van der Waals surface area contributed by atoms with Crippen LogP contribution >= 0.6 is 0 Å². The smallest absolute Gasteiger partial charge is 0.270 e. The number of methoxy groups -OCH3 is 2. The van der Waals surface area contributed by atoms with Crippen LogP contribution in [0.4, 0.5) is 0 Å². The Bertz CT molecular complexity index is 708. The summed E-state index contributed by atoms with van der Waals surface area (Å²) in [6.07, 6.45) is 3.83. The molecule has 3 rings (SSSR count). The third-order valence-electron chi connectivity index (χ3n) is 4.48. The molecule has 0 bridgehead atoms. The maximum atomic E-state index is 12.9. The third-order valence-corrected chi connectivity index (χ3v) is 4.48. The van der Waals surface area contributed by atoms with E-state index in [1.165, 1.54) is 0 Å². The van der Waals surface area contributed by atoms with Gasteiger partial charge in [0.05, 0.1) is 20.3 Å². The van der Waals surface area contributed by atoms with E-state index in [1.807, 2.05) is 53.0 Å². The van der Waals surface area contributed by atoms with Crippen LogP contribution in [0.25, 0.3) is 0 Å². The first-order valence-corrected chi connectivity index (χ1v) is 7.80. The largest absolute Gasteiger partial charge is 0.497 e. The minimum atomic E-state index is 0.0401. The molecule has 5 nitrogen and oxygen atoms in total. The van der Waals surface area contributed by atoms with Gasteiger partial charge < -0.3 is 18.9 Å². The molecular formula is C18H22N2O3. The number of benzene rings is 1. The Labute approximate surface area is 136 Å². The normalized spacial score (nSPS) is 17.3. The number of ether oxygens (including phenoxy) is 2. The van der Waals surface area contributed by atoms with Crippen LogP contribution in [-0.4, -0.2) is 36.1 Å². The number of aromatic nitrogens is 1. The third kappa shape index (κ3) is 2.79. The number of nitrogens with zero attached hydrogens (tertiary/aromatic N) is 2. The lowest BCUT2D eigenvalue weighted by Gasteiger charge is -2.26. The Hall–Kier alpha value is -2.43. The molecule has 0 saturated carbocycles. The fourth-order valence-corrected chi connectivity index (χ4v) is 3.26. The second-order valence-electron chi connectivity index (χ2n) is 5.77. The topological polar surface area (TPSA) is 43.7 Å². The van der Waals surface area contributed by atoms with Crippen molar-refractivity contribution in [1.82, 2.24) is 9.47 Å². The predicted octanol–water partition coefficient (Wildman–Crippen LogP) is 3.02. The van der Waals surface area contributed by atoms with E-state index in [0.29, 0.717) is 5.69 Å². The molecule has 1 unspecified atom stereocenters. The van der Waals surface area contributed by atoms with Gasteiger partial charge in [-0.3, -0.25) is 4.79 Å². The molecule has 0 spiro atoms. The van der Waals surface area contributed by atoms with Gasteiger partial charge in [-0.25, -0.2) is 0 Å². The van der Waals surface area contributed by atoms with Crippen LogP contribution in [0.1, 0.15) is 34.9 Å². The number of aryl methyl sites for hydroxylation is 1. The molecule has 1 aliphatic heterocycles. The van der Waals surface area contributed by atoms with Crippen molar-refractivity contribution in [3.63, 3.8) is 0 Å². The van der Waals surface area contributed by atoms with E-state index in [1.54, 1.807) is 14.2 Å². The summed E-state index contributed by atoms with van der Waals surface area (Å²) in [6.45, 7) is 0.768. The summed E-state index contributed by atoms with van der Waals surface area (Å²) in [5.41, 5.74) is 1.75. The highest BCUT2D eigenvalue weighted by atomic mass is 16.5. The fourth-order valence-electron chi connectivity index (χ4n) is 3.26. The maximum Gasteiger partial charge on any atom is 0.270 e. The van der Waals surface area contributed by atoms with Gasteiger partial charge >= 0.3 is 0 Å². The van der Waals surface area contributed by atoms with Crippen LogP contribution in [0.5, 0.6) is 11.5 Å². The molecule has 0 radical (unpaired) electrons. The lowest BCUT2D eigenvalue weighted by atomic mass is 10.0. The minimum absolute atomic E-state index is 0.0401. The molecular weight excluding hydrogens is 292 g/mol. The molecule has 0 N–H and O–H groups in total. The number of amides is 1. The van der Waals surface area contributed by atoms with Crippen LogP contribution in [0.2, 0.25) is 0 Å². The second-order valence-corrected chi connectivity index (χ2v) is 5.77. The quantitative estimate of drug-likeness (QED) is 0.871. The predicted molar refractivity (Wildman–Crippen MR) is 88.0 cm³/mol. The molecule has 2 aromatic rings. The Kier molecular flexibility index (Phi) is 4.28. The van der Waals surface area contributed by atoms with E-state index in [-0.39, 0.29) is 11.9 Å². The molecule has 2 heterocycles. The Morgan fingerprint density at radius 3 is 2.70 bits per heavy atom. The van der Waals surface area contributed by atoms with Gasteiger partial charge in [0.1, 0.15) is 17.2 Å². The zero-order valence-corrected chi connectivity index (χ0v) is 13.8. The summed E-state index contributed by atoms with van der Waals surface area (Å²) < 4.78 is 12.6. The van der Waals surface area contributed by atoms with Gasteiger partial charge in [-0.1, -0.05) is 0 Å². The summed E-state index contributed by atoms with van der Waals surface area (Å²) >= 11 is 0. The Morgan fingerprint density at radius 1 is 1.22 bits per heavy atom. The Balaban J connectivity index is 1.93. The van der Waals surface area contributed by atoms with E-state index in [4.69, 9.17) is 9.47 Å². The van der Waals surface area contributed by atoms with E-state index < -0.39 is 0 Å². The first kappa shape index (κ1) is 15.5. The first-order chi connectivity index (χ1) is 11.2. The standard InChI is InChI=1S/C18H22N2O3/c1-19-10-4-7-16(19)18(21)20-11-5-6-15(20)14-9-8-13(22-2)12-17(14)23-3/h4,7-10,12,15H,5-6,11H2,1-3H3. The van der Waals surface area contributed by atoms with E-state index in [2.05, 4.69) is 0 Å². The first-order valence-electron chi connectivity index (χ1n) is 7.80. The molecule has 122 valence electrons. The molecule has 1 saturated heterocycles. The molecule has 1 aliphatic rings. The van der Waals surface area contributed by atoms with Crippen LogP contribution in [0, 0.1) is 0 Å². The summed E-state index contributed by atoms with van der Waals surface area (Å²) in [5.74, 6) is 1.59. The summed E-state index contributed by atoms with van der Waals surface area (Å²) in [6, 6.07) is 9.59. The van der Waals surface area contributed by atoms with Crippen molar-refractivity contribution >= 4 is 5.91 Å². The highest BCUT2D eigenvalue weighted by Gasteiger charge is 2.33. The van der Waals surface area contributed by atoms with Gasteiger partial charge in [0, 0.05) is 31.4 Å². The van der Waals surface area contributed by atoms with Gasteiger partial charge in [0.2, 0.25) is 0 Å². The number of carbonyl (C=O) groups excluding carboxylic acids is 1. The average Bonchev–Trinajstić information content (AvgIpc) is 3.22. The molecule has 1 aromatic carbocycles. The monoisotopic (exact) mass is 314 g/mol. The van der Waals surface area contributed by atoms with Crippen molar-refractivity contribution in [2.24, 2.45) is 7.05 Å². The van der Waals surface area contributed by atoms with Gasteiger partial charge in [-0.15, -0.1) is 0 Å². The van der Waals surface area contributed by atoms with Gasteiger partial charge in [0.15, 0.2) is 0 Å². The molecule has 1 fully saturated rings. The average molecular weight is 314 g/mol. The zero-order chi connectivity index (χ0) is 16.4. The lowest BCUT2D eigenvalue weighted by molar-refractivity contribution is 0.0724. The van der Waals surface area contributed by atoms with Crippen molar-refractivity contribution in [1.29, 1.82) is 0 Å². The minimum Gasteiger partial charge on any atom is -0.497 e. The number of carbonyl (C=O) groups is 1. The number of hydrogen-bond acceptors (Lipinski definition) is 3. The van der Waals surface area contributed by atoms with Gasteiger partial charge in [0.25, 0.3) is 5.91 Å². The van der Waals surface area contributed by atoms with Gasteiger partial charge in [-0.2, -0.15) is 0 Å². The summed E-state index contributed by atoms with van der Waals surface area (Å²) in [4.78, 5) is 14.8. The van der Waals surface area contributed by atoms with Crippen molar-refractivity contribution < 1.29 is 14.3 Å². The lowest BCUT2D eigenvalue weighted by Crippen LogP contribution is -2.32. The number of rotatable bonds is 4. The number of likely N-dealkylation sites (tertiary alicyclic amines) is 1. The van der Waals surface area contributed by atoms with Crippen LogP contribution < -0.4 is 9.47 Å². The molecule has 0 aliphatic carbocycles. The van der Waals surface area contributed by atoms with E-state index in [0.717, 1.165) is 36.4 Å². The SMILES string of the molecule is COc1ccc(C2CCCN2C(=O)c2cccn2C)c(OC)c1. The van der Waals surface area contributed by atoms with Crippen molar-refractivity contribution in [2.45, 2.75) is 18.9 Å². The summed E-state index contributed by atoms with van der Waals surface area (Å²) in [7, 11) is 5.18. The highest BCUT2D eigenvalue weighted by molar-refractivity contribution is 5.93. The highest BCUT2D eigenvalue weighted by Crippen LogP contribution is 2.39. The van der Waals surface area contributed by atoms with Crippen LogP contribution in [0.15, 0.2) is 36.5 Å². The Morgan fingerprint density at radius 2 is 2.04 bits per heavy atom. The molecule has 1 amide bonds. The zero-order valence-electron chi connectivity index (χ0n) is 13.8. The molecule has 1 atom stereocenters. The molecule has 23 heavy (non-hydrogen) atoms. The maximum absolute atomic E-state index is 12.9. The summed E-state index contributed by atoms with van der Waals surface area (Å²) in [5, 5.41) is 0. The van der Waals surface area contributed by atoms with Crippen molar-refractivity contribution in [2.75, 3.05) is 20.8 Å². The van der Waals surface area contributed by atoms with E-state index in [9.17, 15) is 4.79 Å². The number of hydrogen-bond donors (Lipinski definition) is 0. The van der Waals surface area contributed by atoms with Crippen LogP contribution in [0.3, 0.4) is 0 Å². The van der Waals surface area contributed by atoms with Crippen LogP contribution in [-0.2, 0) is 7.05 Å². The molecule has 5 heteroatoms. The van der Waals surface area contributed by atoms with E-state index >= 15 is 0 Å². The van der Waals surface area contributed by atoms with Crippen molar-refractivity contribution in [3.8, 4) is 11.5 Å². The van der Waals surface area contributed by atoms with Crippen molar-refractivity contribution in [3.05, 3.63) is 47.8 Å².